The third-order valence-corrected chi connectivity index (χ3v) is 3.18. The highest BCUT2D eigenvalue weighted by Gasteiger charge is 2.11. The summed E-state index contributed by atoms with van der Waals surface area (Å²) in [5, 5.41) is 0. The summed E-state index contributed by atoms with van der Waals surface area (Å²) < 4.78 is 15.9. The van der Waals surface area contributed by atoms with Gasteiger partial charge in [0.05, 0.1) is 6.10 Å². The van der Waals surface area contributed by atoms with E-state index in [1.54, 1.807) is 0 Å². The van der Waals surface area contributed by atoms with Gasteiger partial charge in [-0.15, -0.1) is 0 Å². The Bertz CT molecular complexity index is 311. The molecule has 0 N–H and O–H groups in total. The van der Waals surface area contributed by atoms with Crippen molar-refractivity contribution < 1.29 is 9.09 Å². The summed E-state index contributed by atoms with van der Waals surface area (Å²) in [5.74, 6) is 0.753. The first-order chi connectivity index (χ1) is 8.24. The molecular formula is C14H21O2P. The van der Waals surface area contributed by atoms with E-state index in [2.05, 4.69) is 13.8 Å². The molecular weight excluding hydrogens is 231 g/mol. The highest BCUT2D eigenvalue weighted by atomic mass is 31.1. The highest BCUT2D eigenvalue weighted by molar-refractivity contribution is 7.17. The Kier molecular flexibility index (Phi) is 7.07. The largest absolute Gasteiger partial charge is 0.327 e. The molecule has 0 bridgehead atoms. The van der Waals surface area contributed by atoms with Crippen molar-refractivity contribution in [3.8, 4) is 0 Å². The van der Waals surface area contributed by atoms with Gasteiger partial charge in [-0.05, 0) is 17.9 Å². The lowest BCUT2D eigenvalue weighted by atomic mass is 10.0. The number of unbranched alkanes of at least 4 members (excludes halogenated alkanes) is 1. The van der Waals surface area contributed by atoms with Crippen molar-refractivity contribution in [2.45, 2.75) is 45.6 Å². The summed E-state index contributed by atoms with van der Waals surface area (Å²) in [6, 6.07) is 10.0. The zero-order valence-electron chi connectivity index (χ0n) is 10.6. The third kappa shape index (κ3) is 5.95. The van der Waals surface area contributed by atoms with Gasteiger partial charge in [0.2, 0.25) is 0 Å². The lowest BCUT2D eigenvalue weighted by Gasteiger charge is -2.14. The maximum Gasteiger partial charge on any atom is 0.327 e. The molecule has 1 unspecified atom stereocenters. The minimum atomic E-state index is -0.230. The molecule has 0 spiro atoms. The predicted octanol–water partition coefficient (Wildman–Crippen LogP) is 5.17. The van der Waals surface area contributed by atoms with E-state index in [0.29, 0.717) is 0 Å². The standard InChI is InChI=1S/C14H21O2P/c1-12(2)8-6-7-11-14(16-17-15)13-9-4-3-5-10-13/h3-5,9-10,12,14H,6-8,11H2,1-2H3. The van der Waals surface area contributed by atoms with Crippen molar-refractivity contribution in [2.24, 2.45) is 5.92 Å². The van der Waals surface area contributed by atoms with Gasteiger partial charge in [0, 0.05) is 0 Å². The van der Waals surface area contributed by atoms with Gasteiger partial charge in [-0.3, -0.25) is 4.52 Å². The molecule has 0 radical (unpaired) electrons. The van der Waals surface area contributed by atoms with E-state index in [1.807, 2.05) is 30.3 Å². The minimum Gasteiger partial charge on any atom is -0.286 e. The van der Waals surface area contributed by atoms with Gasteiger partial charge in [0.1, 0.15) is 0 Å². The molecule has 0 aliphatic heterocycles. The van der Waals surface area contributed by atoms with E-state index in [1.165, 1.54) is 12.8 Å². The smallest absolute Gasteiger partial charge is 0.286 e. The van der Waals surface area contributed by atoms with Gasteiger partial charge >= 0.3 is 8.69 Å². The molecule has 0 heterocycles. The van der Waals surface area contributed by atoms with Crippen LogP contribution in [0.25, 0.3) is 0 Å². The summed E-state index contributed by atoms with van der Waals surface area (Å²) in [5.41, 5.74) is 1.11. The molecule has 0 aliphatic carbocycles. The van der Waals surface area contributed by atoms with Crippen LogP contribution >= 0.6 is 8.69 Å². The Labute approximate surface area is 106 Å². The lowest BCUT2D eigenvalue weighted by Crippen LogP contribution is -1.99. The third-order valence-electron chi connectivity index (χ3n) is 2.84. The molecule has 3 heteroatoms. The van der Waals surface area contributed by atoms with Crippen LogP contribution in [0, 0.1) is 5.92 Å². The molecule has 1 atom stereocenters. The van der Waals surface area contributed by atoms with E-state index < -0.39 is 0 Å². The maximum atomic E-state index is 10.6. The SMILES string of the molecule is CC(C)CCCCC(OP=O)c1ccccc1. The average molecular weight is 252 g/mol. The summed E-state index contributed by atoms with van der Waals surface area (Å²) in [7, 11) is -0.230. The van der Waals surface area contributed by atoms with Crippen LogP contribution in [0.2, 0.25) is 0 Å². The van der Waals surface area contributed by atoms with E-state index in [9.17, 15) is 4.57 Å². The van der Waals surface area contributed by atoms with Gasteiger partial charge in [0.25, 0.3) is 0 Å². The first-order valence-corrected chi connectivity index (χ1v) is 7.00. The Balaban J connectivity index is 2.41. The molecule has 17 heavy (non-hydrogen) atoms. The molecule has 0 saturated carbocycles. The van der Waals surface area contributed by atoms with Crippen LogP contribution < -0.4 is 0 Å². The maximum absolute atomic E-state index is 10.6. The molecule has 0 fully saturated rings. The monoisotopic (exact) mass is 252 g/mol. The van der Waals surface area contributed by atoms with Crippen LogP contribution in [0.15, 0.2) is 30.3 Å². The van der Waals surface area contributed by atoms with Crippen LogP contribution in [0.1, 0.15) is 51.2 Å². The summed E-state index contributed by atoms with van der Waals surface area (Å²) >= 11 is 0. The summed E-state index contributed by atoms with van der Waals surface area (Å²) in [4.78, 5) is 0. The second kappa shape index (κ2) is 8.38. The highest BCUT2D eigenvalue weighted by Crippen LogP contribution is 2.27. The zero-order chi connectivity index (χ0) is 12.5. The fourth-order valence-corrected chi connectivity index (χ4v) is 2.21. The average Bonchev–Trinajstić information content (AvgIpc) is 2.34. The molecule has 2 nitrogen and oxygen atoms in total. The number of hydrogen-bond donors (Lipinski definition) is 0. The van der Waals surface area contributed by atoms with Crippen LogP contribution in [0.5, 0.6) is 0 Å². The Morgan fingerprint density at radius 3 is 2.35 bits per heavy atom. The van der Waals surface area contributed by atoms with Crippen LogP contribution in [0.4, 0.5) is 0 Å². The predicted molar refractivity (Wildman–Crippen MR) is 71.2 cm³/mol. The van der Waals surface area contributed by atoms with Gasteiger partial charge in [-0.2, -0.15) is 0 Å². The quantitative estimate of drug-likeness (QED) is 0.471. The first kappa shape index (κ1) is 14.3. The van der Waals surface area contributed by atoms with Gasteiger partial charge in [-0.1, -0.05) is 63.4 Å². The normalized spacial score (nSPS) is 13.1. The second-order valence-electron chi connectivity index (χ2n) is 4.76. The minimum absolute atomic E-state index is 0.0393. The Hall–Kier alpha value is -0.720. The molecule has 1 aromatic carbocycles. The Morgan fingerprint density at radius 1 is 1.12 bits per heavy atom. The van der Waals surface area contributed by atoms with Crippen molar-refractivity contribution >= 4 is 8.69 Å². The van der Waals surface area contributed by atoms with Crippen molar-refractivity contribution in [3.05, 3.63) is 35.9 Å². The molecule has 1 aromatic rings. The van der Waals surface area contributed by atoms with Crippen molar-refractivity contribution in [2.75, 3.05) is 0 Å². The number of rotatable bonds is 8. The van der Waals surface area contributed by atoms with Gasteiger partial charge in [0.15, 0.2) is 0 Å². The molecule has 94 valence electrons. The Morgan fingerprint density at radius 2 is 1.76 bits per heavy atom. The molecule has 0 saturated heterocycles. The topological polar surface area (TPSA) is 26.3 Å². The summed E-state index contributed by atoms with van der Waals surface area (Å²) in [6.07, 6.45) is 4.47. The number of benzene rings is 1. The van der Waals surface area contributed by atoms with Gasteiger partial charge in [-0.25, -0.2) is 4.57 Å². The molecule has 0 amide bonds. The first-order valence-electron chi connectivity index (χ1n) is 6.27. The molecule has 1 rings (SSSR count). The lowest BCUT2D eigenvalue weighted by molar-refractivity contribution is 0.211. The van der Waals surface area contributed by atoms with Crippen LogP contribution in [0.3, 0.4) is 0 Å². The number of hydrogen-bond acceptors (Lipinski definition) is 2. The van der Waals surface area contributed by atoms with E-state index in [-0.39, 0.29) is 14.8 Å². The van der Waals surface area contributed by atoms with Crippen LogP contribution in [-0.2, 0) is 9.09 Å². The van der Waals surface area contributed by atoms with Gasteiger partial charge < -0.3 is 0 Å². The second-order valence-corrected chi connectivity index (χ2v) is 5.12. The molecule has 0 aliphatic rings. The van der Waals surface area contributed by atoms with E-state index in [4.69, 9.17) is 4.52 Å². The van der Waals surface area contributed by atoms with E-state index in [0.717, 1.165) is 24.3 Å². The van der Waals surface area contributed by atoms with Crippen LogP contribution in [-0.4, -0.2) is 0 Å². The summed E-state index contributed by atoms with van der Waals surface area (Å²) in [6.45, 7) is 4.48. The molecule has 0 aromatic heterocycles. The van der Waals surface area contributed by atoms with Crippen molar-refractivity contribution in [1.29, 1.82) is 0 Å². The van der Waals surface area contributed by atoms with Crippen molar-refractivity contribution in [3.63, 3.8) is 0 Å². The fraction of sp³-hybridized carbons (Fsp3) is 0.571. The van der Waals surface area contributed by atoms with E-state index >= 15 is 0 Å². The fourth-order valence-electron chi connectivity index (χ4n) is 1.88. The zero-order valence-corrected chi connectivity index (χ0v) is 11.5. The van der Waals surface area contributed by atoms with Crippen molar-refractivity contribution in [1.82, 2.24) is 0 Å².